The lowest BCUT2D eigenvalue weighted by atomic mass is 10.1. The van der Waals surface area contributed by atoms with Crippen LogP contribution in [-0.2, 0) is 4.74 Å². The molecule has 0 amide bonds. The minimum Gasteiger partial charge on any atom is -0.462 e. The van der Waals surface area contributed by atoms with Gasteiger partial charge in [-0.2, -0.15) is 5.26 Å². The molecule has 0 fully saturated rings. The number of nitriles is 1. The van der Waals surface area contributed by atoms with E-state index in [0.29, 0.717) is 0 Å². The first kappa shape index (κ1) is 13.5. The minimum absolute atomic E-state index is 0.0243. The zero-order chi connectivity index (χ0) is 13.0. The lowest BCUT2D eigenvalue weighted by molar-refractivity contribution is 0.0524. The summed E-state index contributed by atoms with van der Waals surface area (Å²) in [4.78, 5) is 14.8. The second-order valence-corrected chi connectivity index (χ2v) is 3.67. The molecule has 4 nitrogen and oxygen atoms in total. The minimum atomic E-state index is -2.88. The van der Waals surface area contributed by atoms with E-state index in [2.05, 4.69) is 20.9 Å². The Morgan fingerprint density at radius 3 is 2.82 bits per heavy atom. The molecule has 0 saturated carbocycles. The second-order valence-electron chi connectivity index (χ2n) is 2.88. The van der Waals surface area contributed by atoms with Crippen molar-refractivity contribution in [1.29, 1.82) is 5.26 Å². The van der Waals surface area contributed by atoms with Gasteiger partial charge in [-0.25, -0.2) is 13.6 Å². The quantitative estimate of drug-likeness (QED) is 0.806. The average molecular weight is 305 g/mol. The number of ether oxygens (including phenoxy) is 1. The number of hydrogen-bond acceptors (Lipinski definition) is 4. The van der Waals surface area contributed by atoms with Gasteiger partial charge >= 0.3 is 5.97 Å². The van der Waals surface area contributed by atoms with Crippen LogP contribution >= 0.6 is 15.9 Å². The van der Waals surface area contributed by atoms with Gasteiger partial charge in [-0.05, 0) is 22.9 Å². The third-order valence-corrected chi connectivity index (χ3v) is 2.68. The molecule has 0 aliphatic carbocycles. The van der Waals surface area contributed by atoms with Crippen molar-refractivity contribution < 1.29 is 18.3 Å². The van der Waals surface area contributed by atoms with E-state index in [-0.39, 0.29) is 22.2 Å². The first-order valence-corrected chi connectivity index (χ1v) is 5.36. The molecular weight excluding hydrogens is 298 g/mol. The van der Waals surface area contributed by atoms with Gasteiger partial charge in [0.05, 0.1) is 22.2 Å². The van der Waals surface area contributed by atoms with Crippen LogP contribution in [0.5, 0.6) is 0 Å². The van der Waals surface area contributed by atoms with Crippen molar-refractivity contribution in [3.63, 3.8) is 0 Å². The zero-order valence-corrected chi connectivity index (χ0v) is 10.3. The van der Waals surface area contributed by atoms with Crippen LogP contribution in [0.2, 0.25) is 0 Å². The first-order chi connectivity index (χ1) is 8.02. The van der Waals surface area contributed by atoms with Crippen molar-refractivity contribution >= 4 is 21.9 Å². The van der Waals surface area contributed by atoms with E-state index in [1.807, 2.05) is 0 Å². The Morgan fingerprint density at radius 1 is 1.71 bits per heavy atom. The number of pyridine rings is 1. The molecule has 17 heavy (non-hydrogen) atoms. The highest BCUT2D eigenvalue weighted by Gasteiger charge is 2.22. The Morgan fingerprint density at radius 2 is 2.35 bits per heavy atom. The summed E-state index contributed by atoms with van der Waals surface area (Å²) in [7, 11) is 0. The fourth-order valence-corrected chi connectivity index (χ4v) is 1.68. The van der Waals surface area contributed by atoms with E-state index in [4.69, 9.17) is 10.00 Å². The molecule has 0 aliphatic rings. The van der Waals surface area contributed by atoms with Crippen LogP contribution in [0.4, 0.5) is 8.78 Å². The normalized spacial score (nSPS) is 10.1. The molecule has 1 heterocycles. The predicted octanol–water partition coefficient (Wildman–Crippen LogP) is 2.83. The average Bonchev–Trinajstić information content (AvgIpc) is 2.28. The van der Waals surface area contributed by atoms with Gasteiger partial charge in [-0.3, -0.25) is 4.98 Å². The Labute approximate surface area is 104 Å². The molecule has 0 atom stereocenters. The monoisotopic (exact) mass is 304 g/mol. The molecule has 0 saturated heterocycles. The van der Waals surface area contributed by atoms with Crippen molar-refractivity contribution in [2.45, 2.75) is 13.3 Å². The Kier molecular flexibility index (Phi) is 4.52. The largest absolute Gasteiger partial charge is 0.462 e. The summed E-state index contributed by atoms with van der Waals surface area (Å²) in [6.45, 7) is 1.75. The second kappa shape index (κ2) is 5.68. The fraction of sp³-hybridized carbons (Fsp3) is 0.300. The van der Waals surface area contributed by atoms with Crippen LogP contribution in [-0.4, -0.2) is 17.6 Å². The van der Waals surface area contributed by atoms with Crippen molar-refractivity contribution in [3.05, 3.63) is 27.5 Å². The van der Waals surface area contributed by atoms with Crippen molar-refractivity contribution in [1.82, 2.24) is 4.98 Å². The van der Waals surface area contributed by atoms with E-state index in [1.165, 1.54) is 0 Å². The van der Waals surface area contributed by atoms with Crippen molar-refractivity contribution in [2.24, 2.45) is 0 Å². The molecule has 0 unspecified atom stereocenters. The SMILES string of the molecule is CCOC(=O)c1cnc(C(F)F)c(C#N)c1Br. The first-order valence-electron chi connectivity index (χ1n) is 4.56. The number of carbonyl (C=O) groups excluding carboxylic acids is 1. The fourth-order valence-electron chi connectivity index (χ4n) is 1.13. The van der Waals surface area contributed by atoms with Crippen LogP contribution in [0.3, 0.4) is 0 Å². The molecule has 0 aliphatic heterocycles. The summed E-state index contributed by atoms with van der Waals surface area (Å²) in [6.07, 6.45) is -1.91. The van der Waals surface area contributed by atoms with Gasteiger partial charge in [0, 0.05) is 6.20 Å². The van der Waals surface area contributed by atoms with E-state index in [9.17, 15) is 13.6 Å². The number of aromatic nitrogens is 1. The van der Waals surface area contributed by atoms with Crippen LogP contribution < -0.4 is 0 Å². The summed E-state index contributed by atoms with van der Waals surface area (Å²) in [6, 6.07) is 1.59. The Balaban J connectivity index is 3.31. The Bertz CT molecular complexity index is 486. The van der Waals surface area contributed by atoms with Crippen LogP contribution in [0.1, 0.15) is 35.0 Å². The molecule has 1 aromatic heterocycles. The summed E-state index contributed by atoms with van der Waals surface area (Å²) in [5.41, 5.74) is -1.06. The molecule has 0 aromatic carbocycles. The van der Waals surface area contributed by atoms with Gasteiger partial charge in [0.25, 0.3) is 6.43 Å². The maximum absolute atomic E-state index is 12.5. The van der Waals surface area contributed by atoms with E-state index in [0.717, 1.165) is 6.20 Å². The van der Waals surface area contributed by atoms with Gasteiger partial charge in [0.15, 0.2) is 0 Å². The number of rotatable bonds is 3. The standard InChI is InChI=1S/C10H7BrF2N2O2/c1-2-17-10(16)6-4-15-8(9(12)13)5(3-14)7(6)11/h4,9H,2H2,1H3. The molecule has 90 valence electrons. The van der Waals surface area contributed by atoms with E-state index >= 15 is 0 Å². The molecule has 0 spiro atoms. The Hall–Kier alpha value is -1.55. The summed E-state index contributed by atoms with van der Waals surface area (Å²) < 4.78 is 29.7. The molecular formula is C10H7BrF2N2O2. The highest BCUT2D eigenvalue weighted by atomic mass is 79.9. The number of carbonyl (C=O) groups is 1. The van der Waals surface area contributed by atoms with Crippen LogP contribution in [0, 0.1) is 11.3 Å². The van der Waals surface area contributed by atoms with E-state index < -0.39 is 18.1 Å². The van der Waals surface area contributed by atoms with Gasteiger partial charge < -0.3 is 4.74 Å². The highest BCUT2D eigenvalue weighted by molar-refractivity contribution is 9.10. The van der Waals surface area contributed by atoms with E-state index in [1.54, 1.807) is 13.0 Å². The molecule has 1 aromatic rings. The van der Waals surface area contributed by atoms with Crippen LogP contribution in [0.15, 0.2) is 10.7 Å². The third-order valence-electron chi connectivity index (χ3n) is 1.86. The molecule has 1 rings (SSSR count). The van der Waals surface area contributed by atoms with Crippen LogP contribution in [0.25, 0.3) is 0 Å². The number of hydrogen-bond donors (Lipinski definition) is 0. The third kappa shape index (κ3) is 2.77. The number of halogens is 3. The lowest BCUT2D eigenvalue weighted by Crippen LogP contribution is -2.09. The summed E-state index contributed by atoms with van der Waals surface area (Å²) in [5.74, 6) is -0.718. The topological polar surface area (TPSA) is 63.0 Å². The van der Waals surface area contributed by atoms with Gasteiger partial charge in [0.1, 0.15) is 11.8 Å². The maximum atomic E-state index is 12.5. The predicted molar refractivity (Wildman–Crippen MR) is 57.6 cm³/mol. The van der Waals surface area contributed by atoms with Crippen molar-refractivity contribution in [2.75, 3.05) is 6.61 Å². The summed E-state index contributed by atoms with van der Waals surface area (Å²) >= 11 is 2.93. The highest BCUT2D eigenvalue weighted by Crippen LogP contribution is 2.29. The lowest BCUT2D eigenvalue weighted by Gasteiger charge is -2.08. The zero-order valence-electron chi connectivity index (χ0n) is 8.71. The van der Waals surface area contributed by atoms with Gasteiger partial charge in [-0.1, -0.05) is 0 Å². The van der Waals surface area contributed by atoms with Gasteiger partial charge in [-0.15, -0.1) is 0 Å². The number of nitrogens with zero attached hydrogens (tertiary/aromatic N) is 2. The smallest absolute Gasteiger partial charge is 0.340 e. The molecule has 7 heteroatoms. The summed E-state index contributed by atoms with van der Waals surface area (Å²) in [5, 5.41) is 8.78. The molecule has 0 bridgehead atoms. The van der Waals surface area contributed by atoms with Gasteiger partial charge in [0.2, 0.25) is 0 Å². The molecule has 0 radical (unpaired) electrons. The molecule has 0 N–H and O–H groups in total. The number of alkyl halides is 2. The maximum Gasteiger partial charge on any atom is 0.340 e. The number of esters is 1. The van der Waals surface area contributed by atoms with Crippen molar-refractivity contribution in [3.8, 4) is 6.07 Å².